The van der Waals surface area contributed by atoms with E-state index in [1.807, 2.05) is 0 Å². The largest absolute Gasteiger partial charge is 0.462 e. The lowest BCUT2D eigenvalue weighted by atomic mass is 10.0. The molecule has 82 heavy (non-hydrogen) atoms. The van der Waals surface area contributed by atoms with Crippen molar-refractivity contribution >= 4 is 17.9 Å². The zero-order valence-corrected chi connectivity index (χ0v) is 54.5. The molecule has 0 spiro atoms. The Hall–Kier alpha value is -3.41. The van der Waals surface area contributed by atoms with Gasteiger partial charge in [0.25, 0.3) is 0 Å². The van der Waals surface area contributed by atoms with Crippen molar-refractivity contribution in [3.05, 3.63) is 85.1 Å². The number of ether oxygens (including phenoxy) is 3. The van der Waals surface area contributed by atoms with Crippen LogP contribution in [-0.4, -0.2) is 37.2 Å². The Labute approximate surface area is 509 Å². The van der Waals surface area contributed by atoms with Crippen LogP contribution in [0.1, 0.15) is 361 Å². The maximum absolute atomic E-state index is 13.0. The molecule has 0 aromatic heterocycles. The van der Waals surface area contributed by atoms with Crippen molar-refractivity contribution in [3.63, 3.8) is 0 Å². The van der Waals surface area contributed by atoms with E-state index in [4.69, 9.17) is 14.2 Å². The van der Waals surface area contributed by atoms with E-state index in [1.165, 1.54) is 218 Å². The number of esters is 3. The second-order valence-electron chi connectivity index (χ2n) is 23.8. The van der Waals surface area contributed by atoms with Gasteiger partial charge >= 0.3 is 17.9 Å². The number of hydrogen-bond acceptors (Lipinski definition) is 6. The van der Waals surface area contributed by atoms with E-state index in [9.17, 15) is 14.4 Å². The molecule has 0 saturated carbocycles. The van der Waals surface area contributed by atoms with Gasteiger partial charge < -0.3 is 14.2 Å². The smallest absolute Gasteiger partial charge is 0.306 e. The average Bonchev–Trinajstić information content (AvgIpc) is 3.47. The summed E-state index contributed by atoms with van der Waals surface area (Å²) in [5.74, 6) is -0.876. The molecular weight excluding hydrogens is 1010 g/mol. The molecule has 0 bridgehead atoms. The van der Waals surface area contributed by atoms with Crippen LogP contribution in [0.25, 0.3) is 0 Å². The van der Waals surface area contributed by atoms with Crippen molar-refractivity contribution in [2.45, 2.75) is 367 Å². The highest BCUT2D eigenvalue weighted by molar-refractivity contribution is 5.71. The summed E-state index contributed by atoms with van der Waals surface area (Å²) in [6.07, 6.45) is 93.2. The maximum Gasteiger partial charge on any atom is 0.306 e. The Balaban J connectivity index is 4.31. The number of hydrogen-bond donors (Lipinski definition) is 0. The van der Waals surface area contributed by atoms with Gasteiger partial charge in [-0.25, -0.2) is 0 Å². The summed E-state index contributed by atoms with van der Waals surface area (Å²) in [6.45, 7) is 6.55. The van der Waals surface area contributed by atoms with Crippen LogP contribution in [-0.2, 0) is 28.6 Å². The second-order valence-corrected chi connectivity index (χ2v) is 23.8. The average molecular weight is 1140 g/mol. The summed E-state index contributed by atoms with van der Waals surface area (Å²) in [5.41, 5.74) is 0. The molecule has 0 aromatic rings. The lowest BCUT2D eigenvalue weighted by Gasteiger charge is -2.18. The lowest BCUT2D eigenvalue weighted by molar-refractivity contribution is -0.167. The first-order valence-electron chi connectivity index (χ1n) is 35.6. The van der Waals surface area contributed by atoms with Gasteiger partial charge in [-0.1, -0.05) is 311 Å². The standard InChI is InChI=1S/C76H134O6/c1-4-7-10-13-16-19-22-25-28-30-32-34-36-38-40-42-44-46-48-51-54-57-60-63-66-69-75(78)81-72-73(71-80-74(77)68-65-62-59-56-53-50-27-24-21-18-15-12-9-6-3)82-76(79)70-67-64-61-58-55-52-49-47-45-43-41-39-37-35-33-31-29-26-23-20-17-14-11-8-5-2/h7,10,16,19,24-25,27-28,31-34,38,40,73H,4-6,8-9,11-15,17-18,20-23,26,29-30,35-37,39,41-72H2,1-3H3/b10-7-,19-16-,27-24-,28-25-,33-31-,34-32-,40-38-. The minimum absolute atomic E-state index is 0.0801. The van der Waals surface area contributed by atoms with Crippen LogP contribution in [0.3, 0.4) is 0 Å². The summed E-state index contributed by atoms with van der Waals surface area (Å²) in [5, 5.41) is 0. The number of carbonyl (C=O) groups is 3. The van der Waals surface area contributed by atoms with Crippen molar-refractivity contribution in [1.82, 2.24) is 0 Å². The Morgan fingerprint density at radius 1 is 0.256 bits per heavy atom. The predicted molar refractivity (Wildman–Crippen MR) is 358 cm³/mol. The number of allylic oxidation sites excluding steroid dienone is 14. The van der Waals surface area contributed by atoms with E-state index in [0.29, 0.717) is 19.3 Å². The fourth-order valence-electron chi connectivity index (χ4n) is 10.3. The quantitative estimate of drug-likeness (QED) is 0.0261. The Morgan fingerprint density at radius 2 is 0.476 bits per heavy atom. The van der Waals surface area contributed by atoms with Gasteiger partial charge in [0.2, 0.25) is 0 Å². The van der Waals surface area contributed by atoms with Crippen molar-refractivity contribution in [1.29, 1.82) is 0 Å². The molecule has 0 amide bonds. The summed E-state index contributed by atoms with van der Waals surface area (Å²) >= 11 is 0. The predicted octanol–water partition coefficient (Wildman–Crippen LogP) is 24.6. The first kappa shape index (κ1) is 78.6. The molecule has 6 nitrogen and oxygen atoms in total. The van der Waals surface area contributed by atoms with Gasteiger partial charge in [0, 0.05) is 19.3 Å². The molecule has 6 heteroatoms. The number of unbranched alkanes of at least 4 members (excludes halogenated alkanes) is 40. The van der Waals surface area contributed by atoms with Crippen molar-refractivity contribution in [3.8, 4) is 0 Å². The van der Waals surface area contributed by atoms with Crippen LogP contribution in [0.15, 0.2) is 85.1 Å². The third-order valence-corrected chi connectivity index (χ3v) is 15.6. The highest BCUT2D eigenvalue weighted by Crippen LogP contribution is 2.17. The monoisotopic (exact) mass is 1140 g/mol. The molecule has 0 aliphatic carbocycles. The van der Waals surface area contributed by atoms with E-state index in [1.54, 1.807) is 0 Å². The van der Waals surface area contributed by atoms with Gasteiger partial charge in [-0.3, -0.25) is 14.4 Å². The van der Waals surface area contributed by atoms with Gasteiger partial charge in [-0.05, 0) is 116 Å². The molecule has 0 heterocycles. The fraction of sp³-hybridized carbons (Fsp3) is 0.776. The van der Waals surface area contributed by atoms with Crippen molar-refractivity contribution in [2.24, 2.45) is 0 Å². The molecule has 0 aliphatic rings. The van der Waals surface area contributed by atoms with Gasteiger partial charge in [0.15, 0.2) is 6.10 Å². The maximum atomic E-state index is 13.0. The summed E-state index contributed by atoms with van der Waals surface area (Å²) < 4.78 is 17.0. The van der Waals surface area contributed by atoms with E-state index >= 15 is 0 Å². The number of rotatable bonds is 65. The lowest BCUT2D eigenvalue weighted by Crippen LogP contribution is -2.30. The molecular formula is C76H134O6. The third-order valence-electron chi connectivity index (χ3n) is 15.6. The fourth-order valence-corrected chi connectivity index (χ4v) is 10.3. The van der Waals surface area contributed by atoms with Crippen molar-refractivity contribution in [2.75, 3.05) is 13.2 Å². The van der Waals surface area contributed by atoms with Crippen LogP contribution in [0, 0.1) is 0 Å². The molecule has 0 N–H and O–H groups in total. The Morgan fingerprint density at radius 3 is 0.756 bits per heavy atom. The van der Waals surface area contributed by atoms with E-state index in [0.717, 1.165) is 103 Å². The minimum Gasteiger partial charge on any atom is -0.462 e. The molecule has 0 radical (unpaired) electrons. The second kappa shape index (κ2) is 70.1. The molecule has 0 aliphatic heterocycles. The highest BCUT2D eigenvalue weighted by Gasteiger charge is 2.19. The van der Waals surface area contributed by atoms with Gasteiger partial charge in [-0.15, -0.1) is 0 Å². The molecule has 0 aromatic carbocycles. The Kier molecular flexibility index (Phi) is 67.2. The third kappa shape index (κ3) is 67.4. The zero-order valence-electron chi connectivity index (χ0n) is 54.5. The molecule has 0 rings (SSSR count). The topological polar surface area (TPSA) is 78.9 Å². The van der Waals surface area contributed by atoms with Gasteiger partial charge in [0.1, 0.15) is 13.2 Å². The van der Waals surface area contributed by atoms with Crippen LogP contribution < -0.4 is 0 Å². The molecule has 1 atom stereocenters. The molecule has 474 valence electrons. The van der Waals surface area contributed by atoms with Crippen LogP contribution in [0.4, 0.5) is 0 Å². The van der Waals surface area contributed by atoms with Crippen LogP contribution in [0.2, 0.25) is 0 Å². The first-order valence-corrected chi connectivity index (χ1v) is 35.6. The number of carbonyl (C=O) groups excluding carboxylic acids is 3. The Bertz CT molecular complexity index is 1550. The summed E-state index contributed by atoms with van der Waals surface area (Å²) in [7, 11) is 0. The van der Waals surface area contributed by atoms with Crippen LogP contribution >= 0.6 is 0 Å². The van der Waals surface area contributed by atoms with E-state index in [2.05, 4.69) is 106 Å². The SMILES string of the molecule is CC/C=C\C/C=C\C/C=C\C/C=C\C/C=C\CCCCCCCCCCCC(=O)OCC(COC(=O)CCCCCCC/C=C\CCCCCCC)OC(=O)CCCCCCCCCCCCCCC/C=C\CCCCCCCCCC. The van der Waals surface area contributed by atoms with Gasteiger partial charge in [0.05, 0.1) is 0 Å². The zero-order chi connectivity index (χ0) is 59.2. The minimum atomic E-state index is -0.784. The summed E-state index contributed by atoms with van der Waals surface area (Å²) in [6, 6.07) is 0. The highest BCUT2D eigenvalue weighted by atomic mass is 16.6. The van der Waals surface area contributed by atoms with Gasteiger partial charge in [-0.2, -0.15) is 0 Å². The van der Waals surface area contributed by atoms with E-state index in [-0.39, 0.29) is 31.1 Å². The summed E-state index contributed by atoms with van der Waals surface area (Å²) in [4.78, 5) is 38.5. The first-order chi connectivity index (χ1) is 40.5. The molecule has 1 unspecified atom stereocenters. The molecule has 0 saturated heterocycles. The van der Waals surface area contributed by atoms with E-state index < -0.39 is 6.10 Å². The normalized spacial score (nSPS) is 12.6. The van der Waals surface area contributed by atoms with Crippen molar-refractivity contribution < 1.29 is 28.6 Å². The molecule has 0 fully saturated rings. The van der Waals surface area contributed by atoms with Crippen LogP contribution in [0.5, 0.6) is 0 Å².